The molecule has 0 radical (unpaired) electrons. The van der Waals surface area contributed by atoms with Crippen molar-refractivity contribution in [3.05, 3.63) is 58.3 Å². The molecule has 3 rings (SSSR count). The lowest BCUT2D eigenvalue weighted by atomic mass is 10.1. The number of aromatic nitrogens is 3. The van der Waals surface area contributed by atoms with Crippen molar-refractivity contribution < 1.29 is 35.9 Å². The van der Waals surface area contributed by atoms with Gasteiger partial charge in [-0.15, -0.1) is 0 Å². The average molecular weight is 702 g/mol. The van der Waals surface area contributed by atoms with Crippen LogP contribution in [-0.4, -0.2) is 59.8 Å². The zero-order chi connectivity index (χ0) is 34.8. The summed E-state index contributed by atoms with van der Waals surface area (Å²) < 4.78 is 69.0. The molecule has 0 bridgehead atoms. The largest absolute Gasteiger partial charge is 0.454 e. The minimum absolute atomic E-state index is 0.00426. The molecule has 0 saturated heterocycles. The quantitative estimate of drug-likeness (QED) is 0.0959. The summed E-state index contributed by atoms with van der Waals surface area (Å²) in [6.07, 6.45) is 1.34. The number of sulfonamides is 1. The molecule has 1 aliphatic carbocycles. The number of nitrogens with zero attached hydrogens (tertiary/aromatic N) is 3. The third kappa shape index (κ3) is 12.3. The topological polar surface area (TPSA) is 164 Å². The first-order valence-electron chi connectivity index (χ1n) is 15.0. The molecule has 0 atom stereocenters. The monoisotopic (exact) mass is 701 g/mol. The predicted octanol–water partition coefficient (Wildman–Crippen LogP) is 5.36. The number of halogens is 4. The summed E-state index contributed by atoms with van der Waals surface area (Å²) >= 11 is 6.02. The number of carbonyl (C=O) groups excluding carboxylic acids is 2. The normalized spacial score (nSPS) is 14.8. The summed E-state index contributed by atoms with van der Waals surface area (Å²) in [5, 5.41) is 8.76. The Kier molecular flexibility index (Phi) is 13.0. The van der Waals surface area contributed by atoms with E-state index < -0.39 is 45.5 Å². The van der Waals surface area contributed by atoms with E-state index in [2.05, 4.69) is 30.9 Å². The molecule has 258 valence electrons. The van der Waals surface area contributed by atoms with E-state index in [1.165, 1.54) is 13.8 Å². The van der Waals surface area contributed by atoms with E-state index in [0.717, 1.165) is 18.4 Å². The fourth-order valence-electron chi connectivity index (χ4n) is 4.05. The molecule has 1 aromatic carbocycles. The maximum absolute atomic E-state index is 12.9. The van der Waals surface area contributed by atoms with Gasteiger partial charge in [0.2, 0.25) is 33.7 Å². The van der Waals surface area contributed by atoms with Gasteiger partial charge in [0.15, 0.2) is 6.61 Å². The Hall–Kier alpha value is -3.92. The molecule has 1 aliphatic rings. The van der Waals surface area contributed by atoms with Gasteiger partial charge in [0.1, 0.15) is 0 Å². The molecule has 0 unspecified atom stereocenters. The summed E-state index contributed by atoms with van der Waals surface area (Å²) in [4.78, 5) is 36.8. The van der Waals surface area contributed by atoms with Gasteiger partial charge in [-0.05, 0) is 76.6 Å². The highest BCUT2D eigenvalue weighted by molar-refractivity contribution is 7.90. The number of benzene rings is 1. The van der Waals surface area contributed by atoms with Crippen LogP contribution in [-0.2, 0) is 25.2 Å². The van der Waals surface area contributed by atoms with Crippen LogP contribution in [0.1, 0.15) is 71.8 Å². The molecule has 2 aromatic rings. The Morgan fingerprint density at radius 3 is 2.32 bits per heavy atom. The molecule has 12 nitrogen and oxygen atoms in total. The predicted molar refractivity (Wildman–Crippen MR) is 172 cm³/mol. The van der Waals surface area contributed by atoms with Gasteiger partial charge in [-0.2, -0.15) is 28.1 Å². The zero-order valence-corrected chi connectivity index (χ0v) is 28.1. The van der Waals surface area contributed by atoms with Crippen molar-refractivity contribution in [2.24, 2.45) is 0 Å². The van der Waals surface area contributed by atoms with Gasteiger partial charge in [0.05, 0.1) is 10.8 Å². The number of ether oxygens (including phenoxy) is 1. The molecule has 2 amide bonds. The van der Waals surface area contributed by atoms with Crippen LogP contribution in [0.15, 0.2) is 47.7 Å². The van der Waals surface area contributed by atoms with Crippen molar-refractivity contribution >= 4 is 45.3 Å². The van der Waals surface area contributed by atoms with E-state index in [9.17, 15) is 31.2 Å². The minimum atomic E-state index is -4.60. The van der Waals surface area contributed by atoms with E-state index in [-0.39, 0.29) is 30.8 Å². The number of carbonyl (C=O) groups is 2. The smallest absolute Gasteiger partial charge is 0.422 e. The molecular formula is C30H39ClF3N7O5S. The van der Waals surface area contributed by atoms with Gasteiger partial charge in [-0.25, -0.2) is 8.42 Å². The Morgan fingerprint density at radius 1 is 1.06 bits per heavy atom. The van der Waals surface area contributed by atoms with Crippen LogP contribution < -0.4 is 25.4 Å². The second kappa shape index (κ2) is 16.3. The number of amides is 2. The van der Waals surface area contributed by atoms with Crippen molar-refractivity contribution in [3.63, 3.8) is 0 Å². The third-order valence-electron chi connectivity index (χ3n) is 7.02. The molecule has 47 heavy (non-hydrogen) atoms. The molecule has 0 spiro atoms. The summed E-state index contributed by atoms with van der Waals surface area (Å²) in [7, 11) is -3.68. The maximum Gasteiger partial charge on any atom is 0.422 e. The lowest BCUT2D eigenvalue weighted by Crippen LogP contribution is -2.35. The highest BCUT2D eigenvalue weighted by atomic mass is 35.5. The molecular weight excluding hydrogens is 663 g/mol. The molecule has 4 N–H and O–H groups in total. The summed E-state index contributed by atoms with van der Waals surface area (Å²) in [5.41, 5.74) is 1.33. The fraction of sp³-hybridized carbons (Fsp3) is 0.500. The lowest BCUT2D eigenvalue weighted by molar-refractivity contribution is -0.154. The van der Waals surface area contributed by atoms with Gasteiger partial charge in [-0.3, -0.25) is 14.3 Å². The number of hydrogen-bond donors (Lipinski definition) is 4. The Labute approximate surface area is 277 Å². The fourth-order valence-corrected chi connectivity index (χ4v) is 4.83. The minimum Gasteiger partial charge on any atom is -0.454 e. The van der Waals surface area contributed by atoms with Crippen LogP contribution in [0, 0.1) is 0 Å². The van der Waals surface area contributed by atoms with E-state index in [0.29, 0.717) is 35.6 Å². The van der Waals surface area contributed by atoms with Gasteiger partial charge < -0.3 is 20.7 Å². The van der Waals surface area contributed by atoms with Crippen LogP contribution in [0.5, 0.6) is 6.01 Å². The number of alkyl halides is 3. The van der Waals surface area contributed by atoms with E-state index >= 15 is 0 Å². The number of anilines is 2. The summed E-state index contributed by atoms with van der Waals surface area (Å²) in [6.45, 7) is 5.05. The second-order valence-electron chi connectivity index (χ2n) is 11.2. The first-order valence-corrected chi connectivity index (χ1v) is 16.9. The van der Waals surface area contributed by atoms with Gasteiger partial charge in [-0.1, -0.05) is 36.7 Å². The summed E-state index contributed by atoms with van der Waals surface area (Å²) in [6, 6.07) is 6.69. The van der Waals surface area contributed by atoms with Gasteiger partial charge in [0.25, 0.3) is 0 Å². The van der Waals surface area contributed by atoms with Crippen molar-refractivity contribution in [2.45, 2.75) is 83.2 Å². The number of nitrogens with one attached hydrogen (secondary N) is 4. The van der Waals surface area contributed by atoms with Crippen molar-refractivity contribution in [1.82, 2.24) is 25.0 Å². The van der Waals surface area contributed by atoms with E-state index in [1.807, 2.05) is 23.8 Å². The highest BCUT2D eigenvalue weighted by Crippen LogP contribution is 2.48. The van der Waals surface area contributed by atoms with Crippen LogP contribution >= 0.6 is 11.6 Å². The van der Waals surface area contributed by atoms with E-state index in [1.54, 1.807) is 31.2 Å². The Balaban J connectivity index is 1.63. The highest BCUT2D eigenvalue weighted by Gasteiger charge is 2.45. The molecule has 17 heteroatoms. The average Bonchev–Trinajstić information content (AvgIpc) is 3.77. The summed E-state index contributed by atoms with van der Waals surface area (Å²) in [5.74, 6) is -0.984. The first-order chi connectivity index (χ1) is 22.0. The molecule has 0 aliphatic heterocycles. The standard InChI is InChI=1S/C30H39ClF3N7O5S/c1-5-23(14-9-20(4)25(43)35-17-7-6-8-24(42)41-47(44,45)19(2)3)36-26-37-27(39-28(38-26)46-18-30(32,33)34)40-29(15-16-29)21-10-12-22(31)13-11-21/h9-14,19H,5-8,15-18H2,1-4H3,(H,35,43)(H,41,42)(H2,36,37,38,39,40)/b20-9+,23-14+. The van der Waals surface area contributed by atoms with Crippen LogP contribution in [0.25, 0.3) is 0 Å². The number of unbranched alkanes of at least 4 members (excludes halogenated alkanes) is 1. The SMILES string of the molecule is CC/C(=C\C=C(/C)C(=O)NCCCCC(=O)NS(=O)(=O)C(C)C)Nc1nc(NC2(c3ccc(Cl)cc3)CC2)nc(OCC(F)(F)F)n1. The van der Waals surface area contributed by atoms with E-state index in [4.69, 9.17) is 16.3 Å². The van der Waals surface area contributed by atoms with Crippen LogP contribution in [0.3, 0.4) is 0 Å². The maximum atomic E-state index is 12.9. The molecule has 1 saturated carbocycles. The zero-order valence-electron chi connectivity index (χ0n) is 26.5. The van der Waals surface area contributed by atoms with Gasteiger partial charge in [0, 0.05) is 29.3 Å². The molecule has 1 aromatic heterocycles. The van der Waals surface area contributed by atoms with Crippen molar-refractivity contribution in [1.29, 1.82) is 0 Å². The number of allylic oxidation sites excluding steroid dienone is 3. The Morgan fingerprint density at radius 2 is 1.72 bits per heavy atom. The number of hydrogen-bond acceptors (Lipinski definition) is 10. The third-order valence-corrected chi connectivity index (χ3v) is 9.02. The van der Waals surface area contributed by atoms with Crippen molar-refractivity contribution in [3.8, 4) is 6.01 Å². The Bertz CT molecular complexity index is 1580. The van der Waals surface area contributed by atoms with Crippen LogP contribution in [0.4, 0.5) is 25.1 Å². The number of rotatable bonds is 17. The van der Waals surface area contributed by atoms with Crippen LogP contribution in [0.2, 0.25) is 5.02 Å². The molecule has 1 heterocycles. The van der Waals surface area contributed by atoms with Crippen molar-refractivity contribution in [2.75, 3.05) is 23.8 Å². The second-order valence-corrected chi connectivity index (χ2v) is 13.9. The lowest BCUT2D eigenvalue weighted by Gasteiger charge is -2.19. The molecule has 1 fully saturated rings. The van der Waals surface area contributed by atoms with Gasteiger partial charge >= 0.3 is 12.2 Å². The first kappa shape index (κ1) is 37.5.